The highest BCUT2D eigenvalue weighted by atomic mass is 35.5. The smallest absolute Gasteiger partial charge is 0.272 e. The lowest BCUT2D eigenvalue weighted by Crippen LogP contribution is -2.42. The van der Waals surface area contributed by atoms with Crippen molar-refractivity contribution < 1.29 is 19.0 Å². The molecule has 1 aromatic carbocycles. The average Bonchev–Trinajstić information content (AvgIpc) is 3.19. The van der Waals surface area contributed by atoms with Gasteiger partial charge in [0.05, 0.1) is 16.8 Å². The first kappa shape index (κ1) is 19.2. The second-order valence-electron chi connectivity index (χ2n) is 7.79. The molecule has 0 unspecified atom stereocenters. The van der Waals surface area contributed by atoms with Crippen LogP contribution >= 0.6 is 11.6 Å². The molecule has 1 N–H and O–H groups in total. The van der Waals surface area contributed by atoms with Crippen molar-refractivity contribution in [2.24, 2.45) is 18.9 Å². The fourth-order valence-corrected chi connectivity index (χ4v) is 4.60. The number of ether oxygens (including phenoxy) is 1. The lowest BCUT2D eigenvalue weighted by Gasteiger charge is -2.35. The lowest BCUT2D eigenvalue weighted by atomic mass is 9.78. The highest BCUT2D eigenvalue weighted by molar-refractivity contribution is 6.32. The van der Waals surface area contributed by atoms with E-state index in [-0.39, 0.29) is 22.8 Å². The summed E-state index contributed by atoms with van der Waals surface area (Å²) in [4.78, 5) is 14.7. The van der Waals surface area contributed by atoms with E-state index in [2.05, 4.69) is 5.10 Å². The number of hydrogen-bond donors (Lipinski definition) is 1. The van der Waals surface area contributed by atoms with E-state index >= 15 is 0 Å². The average molecular weight is 408 g/mol. The Bertz CT molecular complexity index is 903. The summed E-state index contributed by atoms with van der Waals surface area (Å²) >= 11 is 6.05. The summed E-state index contributed by atoms with van der Waals surface area (Å²) in [7, 11) is 1.77. The number of aliphatic hydroxyl groups excluding tert-OH is 1. The van der Waals surface area contributed by atoms with E-state index < -0.39 is 18.0 Å². The van der Waals surface area contributed by atoms with E-state index in [1.807, 2.05) is 11.8 Å². The van der Waals surface area contributed by atoms with Gasteiger partial charge in [0.2, 0.25) is 0 Å². The number of carbonyl (C=O) groups excluding carboxylic acids is 1. The lowest BCUT2D eigenvalue weighted by molar-refractivity contribution is -0.0231. The third-order valence-electron chi connectivity index (χ3n) is 5.77. The van der Waals surface area contributed by atoms with Crippen LogP contribution in [0.5, 0.6) is 5.75 Å². The van der Waals surface area contributed by atoms with Crippen molar-refractivity contribution in [3.05, 3.63) is 46.5 Å². The van der Waals surface area contributed by atoms with Crippen LogP contribution in [0.25, 0.3) is 0 Å². The largest absolute Gasteiger partial charge is 0.486 e. The molecule has 6 nitrogen and oxygen atoms in total. The van der Waals surface area contributed by atoms with Crippen LogP contribution in [0.15, 0.2) is 24.3 Å². The van der Waals surface area contributed by atoms with E-state index in [1.54, 1.807) is 17.8 Å². The molecule has 2 aromatic rings. The van der Waals surface area contributed by atoms with E-state index in [0.29, 0.717) is 37.4 Å². The van der Waals surface area contributed by atoms with Gasteiger partial charge in [0.1, 0.15) is 23.4 Å². The summed E-state index contributed by atoms with van der Waals surface area (Å²) in [5.74, 6) is 0.368. The van der Waals surface area contributed by atoms with E-state index in [9.17, 15) is 14.3 Å². The minimum Gasteiger partial charge on any atom is -0.486 e. The molecule has 150 valence electrons. The van der Waals surface area contributed by atoms with Crippen LogP contribution in [-0.4, -0.2) is 51.0 Å². The molecular formula is C20H23ClFN3O3. The Balaban J connectivity index is 1.45. The maximum absolute atomic E-state index is 13.2. The molecule has 8 heteroatoms. The topological polar surface area (TPSA) is 67.6 Å². The van der Waals surface area contributed by atoms with Gasteiger partial charge in [0.15, 0.2) is 0 Å². The van der Waals surface area contributed by atoms with Crippen molar-refractivity contribution in [3.8, 4) is 5.75 Å². The maximum Gasteiger partial charge on any atom is 0.272 e. The fourth-order valence-electron chi connectivity index (χ4n) is 4.39. The van der Waals surface area contributed by atoms with Crippen molar-refractivity contribution in [1.82, 2.24) is 14.7 Å². The first-order valence-electron chi connectivity index (χ1n) is 9.41. The van der Waals surface area contributed by atoms with E-state index in [0.717, 1.165) is 5.69 Å². The number of aromatic nitrogens is 2. The van der Waals surface area contributed by atoms with E-state index in [4.69, 9.17) is 16.3 Å². The number of aliphatic hydroxyl groups is 1. The predicted molar refractivity (Wildman–Crippen MR) is 102 cm³/mol. The van der Waals surface area contributed by atoms with Gasteiger partial charge in [-0.05, 0) is 55.9 Å². The van der Waals surface area contributed by atoms with Gasteiger partial charge in [0.25, 0.3) is 5.91 Å². The number of rotatable bonds is 3. The summed E-state index contributed by atoms with van der Waals surface area (Å²) < 4.78 is 20.7. The minimum absolute atomic E-state index is 0.0361. The molecule has 1 aromatic heterocycles. The summed E-state index contributed by atoms with van der Waals surface area (Å²) in [5.41, 5.74) is 1.38. The molecule has 1 amide bonds. The highest BCUT2D eigenvalue weighted by Gasteiger charge is 2.44. The number of nitrogens with zero attached hydrogens (tertiary/aromatic N) is 3. The van der Waals surface area contributed by atoms with Crippen molar-refractivity contribution >= 4 is 17.5 Å². The highest BCUT2D eigenvalue weighted by Crippen LogP contribution is 2.39. The summed E-state index contributed by atoms with van der Waals surface area (Å²) in [6.45, 7) is 3.10. The van der Waals surface area contributed by atoms with Crippen molar-refractivity contribution in [2.45, 2.75) is 32.0 Å². The SMILES string of the molecule is Cc1cc(C(=O)N2C[C@H]3C[C@@H](Oc4ccc(F)cc4Cl)[C@H](O)C[C@H]3C2)n(C)n1. The maximum atomic E-state index is 13.2. The Hall–Kier alpha value is -2.12. The van der Waals surface area contributed by atoms with Gasteiger partial charge in [-0.3, -0.25) is 9.48 Å². The van der Waals surface area contributed by atoms with Crippen molar-refractivity contribution in [2.75, 3.05) is 13.1 Å². The molecule has 0 bridgehead atoms. The third kappa shape index (κ3) is 3.61. The molecule has 4 atom stereocenters. The standard InChI is InChI=1S/C20H23ClFN3O3/c1-11-5-16(24(2)23-11)20(27)25-9-12-6-17(26)19(7-13(12)10-25)28-18-4-3-14(22)8-15(18)21/h3-5,8,12-13,17,19,26H,6-7,9-10H2,1-2H3/t12-,13+,17+,19+/m0/s1. The second-order valence-corrected chi connectivity index (χ2v) is 8.20. The van der Waals surface area contributed by atoms with Gasteiger partial charge in [-0.2, -0.15) is 5.10 Å². The van der Waals surface area contributed by atoms with Crippen molar-refractivity contribution in [1.29, 1.82) is 0 Å². The normalized spacial score (nSPS) is 27.0. The zero-order valence-corrected chi connectivity index (χ0v) is 16.6. The number of aryl methyl sites for hydroxylation is 2. The minimum atomic E-state index is -0.656. The number of halogens is 2. The Labute approximate surface area is 167 Å². The molecule has 1 saturated carbocycles. The summed E-state index contributed by atoms with van der Waals surface area (Å²) in [6, 6.07) is 5.75. The van der Waals surface area contributed by atoms with E-state index in [1.165, 1.54) is 18.2 Å². The number of amides is 1. The first-order valence-corrected chi connectivity index (χ1v) is 9.79. The Morgan fingerprint density at radius 3 is 2.64 bits per heavy atom. The number of likely N-dealkylation sites (tertiary alicyclic amines) is 1. The molecule has 4 rings (SSSR count). The van der Waals surface area contributed by atoms with Crippen molar-refractivity contribution in [3.63, 3.8) is 0 Å². The molecule has 2 heterocycles. The zero-order valence-electron chi connectivity index (χ0n) is 15.8. The van der Waals surface area contributed by atoms with Gasteiger partial charge >= 0.3 is 0 Å². The van der Waals surface area contributed by atoms with Crippen LogP contribution in [0, 0.1) is 24.6 Å². The summed E-state index contributed by atoms with van der Waals surface area (Å²) in [5, 5.41) is 15.0. The molecule has 28 heavy (non-hydrogen) atoms. The van der Waals surface area contributed by atoms with Crippen LogP contribution in [0.4, 0.5) is 4.39 Å². The molecular weight excluding hydrogens is 385 g/mol. The van der Waals surface area contributed by atoms with Gasteiger partial charge in [0, 0.05) is 20.1 Å². The Morgan fingerprint density at radius 1 is 1.29 bits per heavy atom. The van der Waals surface area contributed by atoms with Gasteiger partial charge < -0.3 is 14.7 Å². The predicted octanol–water partition coefficient (Wildman–Crippen LogP) is 2.81. The number of benzene rings is 1. The molecule has 0 radical (unpaired) electrons. The summed E-state index contributed by atoms with van der Waals surface area (Å²) in [6.07, 6.45) is 0.0883. The van der Waals surface area contributed by atoms with Crippen LogP contribution in [0.3, 0.4) is 0 Å². The molecule has 0 spiro atoms. The van der Waals surface area contributed by atoms with Gasteiger partial charge in [-0.25, -0.2) is 4.39 Å². The quantitative estimate of drug-likeness (QED) is 0.849. The Kier molecular flexibility index (Phi) is 5.05. The van der Waals surface area contributed by atoms with Crippen LogP contribution in [0.1, 0.15) is 29.0 Å². The third-order valence-corrected chi connectivity index (χ3v) is 6.06. The monoisotopic (exact) mass is 407 g/mol. The van der Waals surface area contributed by atoms with Crippen LogP contribution in [-0.2, 0) is 7.05 Å². The Morgan fingerprint density at radius 2 is 2.00 bits per heavy atom. The van der Waals surface area contributed by atoms with Crippen LogP contribution in [0.2, 0.25) is 5.02 Å². The number of fused-ring (bicyclic) bond motifs is 1. The molecule has 2 aliphatic rings. The molecule has 1 aliphatic heterocycles. The second kappa shape index (κ2) is 7.37. The first-order chi connectivity index (χ1) is 13.3. The van der Waals surface area contributed by atoms with Gasteiger partial charge in [-0.1, -0.05) is 11.6 Å². The fraction of sp³-hybridized carbons (Fsp3) is 0.500. The zero-order chi connectivity index (χ0) is 20.0. The molecule has 2 fully saturated rings. The van der Waals surface area contributed by atoms with Crippen LogP contribution < -0.4 is 4.74 Å². The van der Waals surface area contributed by atoms with Gasteiger partial charge in [-0.15, -0.1) is 0 Å². The number of hydrogen-bond acceptors (Lipinski definition) is 4. The molecule has 1 aliphatic carbocycles. The number of carbonyl (C=O) groups is 1. The molecule has 1 saturated heterocycles.